The van der Waals surface area contributed by atoms with Crippen molar-refractivity contribution < 1.29 is 17.6 Å². The molecule has 0 amide bonds. The summed E-state index contributed by atoms with van der Waals surface area (Å²) in [6.07, 6.45) is -3.54. The SMILES string of the molecule is Cn1c(-c2nc(Cl)ccc2F)nc2cc(C(F)(F)F)ncc21. The Kier molecular flexibility index (Phi) is 3.28. The molecular weight excluding hydrogens is 324 g/mol. The molecule has 0 N–H and O–H groups in total. The fourth-order valence-corrected chi connectivity index (χ4v) is 2.18. The molecule has 0 saturated carbocycles. The molecule has 3 aromatic heterocycles. The van der Waals surface area contributed by atoms with E-state index in [0.717, 1.165) is 18.3 Å². The zero-order chi connectivity index (χ0) is 16.1. The standard InChI is InChI=1S/C13H7ClF4N4/c1-22-8-5-19-9(13(16,17)18)4-7(8)20-12(22)11-6(15)2-3-10(14)21-11/h2-5H,1H3. The minimum atomic E-state index is -4.58. The lowest BCUT2D eigenvalue weighted by atomic mass is 10.3. The molecule has 0 aliphatic heterocycles. The summed E-state index contributed by atoms with van der Waals surface area (Å²) in [5.74, 6) is -0.608. The van der Waals surface area contributed by atoms with Crippen molar-refractivity contribution in [2.45, 2.75) is 6.18 Å². The third kappa shape index (κ3) is 2.39. The number of hydrogen-bond donors (Lipinski definition) is 0. The number of aromatic nitrogens is 4. The second-order valence-corrected chi connectivity index (χ2v) is 4.90. The quantitative estimate of drug-likeness (QED) is 0.503. The van der Waals surface area contributed by atoms with E-state index in [4.69, 9.17) is 11.6 Å². The van der Waals surface area contributed by atoms with Gasteiger partial charge in [0.25, 0.3) is 0 Å². The van der Waals surface area contributed by atoms with Gasteiger partial charge in [-0.25, -0.2) is 19.3 Å². The lowest BCUT2D eigenvalue weighted by Crippen LogP contribution is -2.07. The highest BCUT2D eigenvalue weighted by atomic mass is 35.5. The normalized spacial score (nSPS) is 12.1. The molecule has 0 atom stereocenters. The van der Waals surface area contributed by atoms with Gasteiger partial charge in [-0.3, -0.25) is 0 Å². The van der Waals surface area contributed by atoms with E-state index in [1.165, 1.54) is 17.7 Å². The smallest absolute Gasteiger partial charge is 0.324 e. The number of fused-ring (bicyclic) bond motifs is 1. The highest BCUT2D eigenvalue weighted by molar-refractivity contribution is 6.29. The molecule has 0 spiro atoms. The first-order chi connectivity index (χ1) is 10.3. The number of nitrogens with zero attached hydrogens (tertiary/aromatic N) is 4. The van der Waals surface area contributed by atoms with Gasteiger partial charge in [-0.1, -0.05) is 11.6 Å². The summed E-state index contributed by atoms with van der Waals surface area (Å²) in [4.78, 5) is 11.2. The molecule has 0 saturated heterocycles. The van der Waals surface area contributed by atoms with Gasteiger partial charge in [-0.2, -0.15) is 13.2 Å². The Morgan fingerprint density at radius 2 is 1.91 bits per heavy atom. The van der Waals surface area contributed by atoms with Gasteiger partial charge in [0.1, 0.15) is 16.5 Å². The van der Waals surface area contributed by atoms with Gasteiger partial charge in [-0.05, 0) is 18.2 Å². The number of hydrogen-bond acceptors (Lipinski definition) is 3. The molecule has 3 aromatic rings. The maximum atomic E-state index is 13.9. The zero-order valence-corrected chi connectivity index (χ0v) is 11.7. The van der Waals surface area contributed by atoms with E-state index in [1.807, 2.05) is 0 Å². The van der Waals surface area contributed by atoms with E-state index >= 15 is 0 Å². The van der Waals surface area contributed by atoms with Crippen LogP contribution in [0.15, 0.2) is 24.4 Å². The van der Waals surface area contributed by atoms with Gasteiger partial charge >= 0.3 is 6.18 Å². The Morgan fingerprint density at radius 1 is 1.18 bits per heavy atom. The van der Waals surface area contributed by atoms with Crippen molar-refractivity contribution in [3.05, 3.63) is 41.1 Å². The van der Waals surface area contributed by atoms with Crippen LogP contribution in [0.1, 0.15) is 5.69 Å². The fourth-order valence-electron chi connectivity index (χ4n) is 2.03. The Bertz CT molecular complexity index is 872. The number of imidazole rings is 1. The van der Waals surface area contributed by atoms with Crippen LogP contribution in [0.4, 0.5) is 17.6 Å². The van der Waals surface area contributed by atoms with Crippen LogP contribution in [-0.4, -0.2) is 19.5 Å². The highest BCUT2D eigenvalue weighted by Gasteiger charge is 2.33. The van der Waals surface area contributed by atoms with E-state index in [-0.39, 0.29) is 22.2 Å². The third-order valence-electron chi connectivity index (χ3n) is 3.08. The van der Waals surface area contributed by atoms with Gasteiger partial charge in [0, 0.05) is 7.05 Å². The van der Waals surface area contributed by atoms with Gasteiger partial charge in [-0.15, -0.1) is 0 Å². The van der Waals surface area contributed by atoms with E-state index < -0.39 is 17.7 Å². The van der Waals surface area contributed by atoms with Crippen LogP contribution in [0, 0.1) is 5.82 Å². The second kappa shape index (κ2) is 4.91. The zero-order valence-electron chi connectivity index (χ0n) is 11.0. The largest absolute Gasteiger partial charge is 0.433 e. The molecule has 22 heavy (non-hydrogen) atoms. The Morgan fingerprint density at radius 3 is 2.59 bits per heavy atom. The summed E-state index contributed by atoms with van der Waals surface area (Å²) in [6, 6.07) is 3.19. The minimum Gasteiger partial charge on any atom is -0.324 e. The number of pyridine rings is 2. The molecule has 0 bridgehead atoms. The molecule has 3 heterocycles. The minimum absolute atomic E-state index is 0.0426. The average molecular weight is 331 g/mol. The first-order valence-electron chi connectivity index (χ1n) is 5.99. The van der Waals surface area contributed by atoms with E-state index in [1.54, 1.807) is 0 Å². The van der Waals surface area contributed by atoms with Crippen molar-refractivity contribution in [2.24, 2.45) is 7.05 Å². The number of rotatable bonds is 1. The first kappa shape index (κ1) is 14.7. The highest BCUT2D eigenvalue weighted by Crippen LogP contribution is 2.31. The molecule has 0 unspecified atom stereocenters. The van der Waals surface area contributed by atoms with Crippen molar-refractivity contribution in [3.63, 3.8) is 0 Å². The molecule has 0 fully saturated rings. The van der Waals surface area contributed by atoms with Gasteiger partial charge < -0.3 is 4.57 Å². The molecule has 114 valence electrons. The van der Waals surface area contributed by atoms with Crippen LogP contribution in [0.2, 0.25) is 5.15 Å². The maximum absolute atomic E-state index is 13.9. The van der Waals surface area contributed by atoms with E-state index in [9.17, 15) is 17.6 Å². The van der Waals surface area contributed by atoms with Gasteiger partial charge in [0.2, 0.25) is 0 Å². The molecule has 9 heteroatoms. The molecule has 0 aliphatic rings. The summed E-state index contributed by atoms with van der Waals surface area (Å²) < 4.78 is 53.3. The Balaban J connectivity index is 2.24. The van der Waals surface area contributed by atoms with Crippen LogP contribution < -0.4 is 0 Å². The molecule has 0 aromatic carbocycles. The molecule has 0 aliphatic carbocycles. The predicted octanol–water partition coefficient (Wildman–Crippen LogP) is 3.84. The van der Waals surface area contributed by atoms with E-state index in [0.29, 0.717) is 5.52 Å². The number of aryl methyl sites for hydroxylation is 1. The van der Waals surface area contributed by atoms with Crippen LogP contribution in [0.25, 0.3) is 22.6 Å². The number of alkyl halides is 3. The fraction of sp³-hybridized carbons (Fsp3) is 0.154. The van der Waals surface area contributed by atoms with E-state index in [2.05, 4.69) is 15.0 Å². The maximum Gasteiger partial charge on any atom is 0.433 e. The Hall–Kier alpha value is -2.22. The Labute approximate surface area is 126 Å². The van der Waals surface area contributed by atoms with Gasteiger partial charge in [0.05, 0.1) is 17.2 Å². The van der Waals surface area contributed by atoms with Crippen LogP contribution in [0.5, 0.6) is 0 Å². The third-order valence-corrected chi connectivity index (χ3v) is 3.29. The predicted molar refractivity (Wildman–Crippen MR) is 71.7 cm³/mol. The van der Waals surface area contributed by atoms with Gasteiger partial charge in [0.15, 0.2) is 11.6 Å². The van der Waals surface area contributed by atoms with Crippen molar-refractivity contribution in [2.75, 3.05) is 0 Å². The van der Waals surface area contributed by atoms with Crippen LogP contribution >= 0.6 is 11.6 Å². The van der Waals surface area contributed by atoms with Crippen molar-refractivity contribution in [1.29, 1.82) is 0 Å². The average Bonchev–Trinajstić information content (AvgIpc) is 2.77. The lowest BCUT2D eigenvalue weighted by Gasteiger charge is -2.05. The van der Waals surface area contributed by atoms with Crippen molar-refractivity contribution in [1.82, 2.24) is 19.5 Å². The summed E-state index contributed by atoms with van der Waals surface area (Å²) in [7, 11) is 1.53. The molecule has 0 radical (unpaired) electrons. The summed E-state index contributed by atoms with van der Waals surface area (Å²) in [6.45, 7) is 0. The van der Waals surface area contributed by atoms with Crippen molar-refractivity contribution in [3.8, 4) is 11.5 Å². The van der Waals surface area contributed by atoms with Crippen LogP contribution in [0.3, 0.4) is 0 Å². The molecule has 3 rings (SSSR count). The second-order valence-electron chi connectivity index (χ2n) is 4.51. The lowest BCUT2D eigenvalue weighted by molar-refractivity contribution is -0.141. The topological polar surface area (TPSA) is 43.6 Å². The van der Waals surface area contributed by atoms with Crippen LogP contribution in [-0.2, 0) is 13.2 Å². The van der Waals surface area contributed by atoms with Crippen molar-refractivity contribution >= 4 is 22.6 Å². The summed E-state index contributed by atoms with van der Waals surface area (Å²) >= 11 is 5.73. The summed E-state index contributed by atoms with van der Waals surface area (Å²) in [5, 5.41) is 0.0533. The monoisotopic (exact) mass is 330 g/mol. The molecule has 4 nitrogen and oxygen atoms in total. The first-order valence-corrected chi connectivity index (χ1v) is 6.37. The molecular formula is C13H7ClF4N4. The summed E-state index contributed by atoms with van der Waals surface area (Å²) in [5.41, 5.74) is -0.839. The number of halogens is 5.